The molecule has 1 unspecified atom stereocenters. The standard InChI is InChI=1S/C13H19IN2O3.ClH/c1-8(15)4-5-16-13(17)9-6-11(18-2)12(19-3)7-10(9)14;/h6-8H,4-5,15H2,1-3H3,(H,16,17);1H. The van der Waals surface area contributed by atoms with E-state index in [4.69, 9.17) is 15.2 Å². The van der Waals surface area contributed by atoms with Crippen molar-refractivity contribution in [3.63, 3.8) is 0 Å². The molecule has 0 saturated carbocycles. The lowest BCUT2D eigenvalue weighted by molar-refractivity contribution is 0.0951. The fourth-order valence-electron chi connectivity index (χ4n) is 1.54. The molecule has 7 heteroatoms. The van der Waals surface area contributed by atoms with Crippen molar-refractivity contribution < 1.29 is 14.3 Å². The van der Waals surface area contributed by atoms with E-state index in [1.165, 1.54) is 0 Å². The smallest absolute Gasteiger partial charge is 0.252 e. The Balaban J connectivity index is 0.00000361. The molecule has 3 N–H and O–H groups in total. The number of carbonyl (C=O) groups is 1. The SMILES string of the molecule is COc1cc(I)c(C(=O)NCCC(C)N)cc1OC.Cl. The van der Waals surface area contributed by atoms with Gasteiger partial charge in [-0.2, -0.15) is 0 Å². The Labute approximate surface area is 139 Å². The van der Waals surface area contributed by atoms with E-state index in [9.17, 15) is 4.79 Å². The van der Waals surface area contributed by atoms with E-state index in [2.05, 4.69) is 27.9 Å². The number of nitrogens with one attached hydrogen (secondary N) is 1. The van der Waals surface area contributed by atoms with Gasteiger partial charge in [0.05, 0.1) is 19.8 Å². The Morgan fingerprint density at radius 3 is 2.40 bits per heavy atom. The molecule has 0 aliphatic rings. The van der Waals surface area contributed by atoms with Crippen LogP contribution in [-0.4, -0.2) is 32.7 Å². The second-order valence-corrected chi connectivity index (χ2v) is 5.37. The molecule has 0 saturated heterocycles. The van der Waals surface area contributed by atoms with Gasteiger partial charge in [-0.15, -0.1) is 12.4 Å². The van der Waals surface area contributed by atoms with Crippen LogP contribution in [0.4, 0.5) is 0 Å². The number of halogens is 2. The van der Waals surface area contributed by atoms with Crippen molar-refractivity contribution >= 4 is 40.9 Å². The normalized spacial score (nSPS) is 11.2. The van der Waals surface area contributed by atoms with Gasteiger partial charge in [0, 0.05) is 16.2 Å². The lowest BCUT2D eigenvalue weighted by Crippen LogP contribution is -2.29. The fourth-order valence-corrected chi connectivity index (χ4v) is 2.22. The summed E-state index contributed by atoms with van der Waals surface area (Å²) in [7, 11) is 3.11. The first kappa shape index (κ1) is 19.3. The number of benzene rings is 1. The molecule has 0 fully saturated rings. The molecule has 20 heavy (non-hydrogen) atoms. The largest absolute Gasteiger partial charge is 0.493 e. The average Bonchev–Trinajstić information content (AvgIpc) is 2.37. The van der Waals surface area contributed by atoms with Gasteiger partial charge in [-0.25, -0.2) is 0 Å². The Hall–Kier alpha value is -0.730. The van der Waals surface area contributed by atoms with Crippen LogP contribution in [0.1, 0.15) is 23.7 Å². The number of amides is 1. The first-order valence-corrected chi connectivity index (χ1v) is 7.02. The second-order valence-electron chi connectivity index (χ2n) is 4.21. The summed E-state index contributed by atoms with van der Waals surface area (Å²) in [5, 5.41) is 2.84. The Morgan fingerprint density at radius 1 is 1.35 bits per heavy atom. The summed E-state index contributed by atoms with van der Waals surface area (Å²) < 4.78 is 11.2. The minimum Gasteiger partial charge on any atom is -0.493 e. The molecular weight excluding hydrogens is 395 g/mol. The number of hydrogen-bond donors (Lipinski definition) is 2. The van der Waals surface area contributed by atoms with E-state index < -0.39 is 0 Å². The molecule has 5 nitrogen and oxygen atoms in total. The van der Waals surface area contributed by atoms with Gasteiger partial charge in [0.15, 0.2) is 11.5 Å². The van der Waals surface area contributed by atoms with Crippen molar-refractivity contribution in [3.8, 4) is 11.5 Å². The maximum absolute atomic E-state index is 12.1. The van der Waals surface area contributed by atoms with Crippen LogP contribution in [0.5, 0.6) is 11.5 Å². The fraction of sp³-hybridized carbons (Fsp3) is 0.462. The number of rotatable bonds is 6. The van der Waals surface area contributed by atoms with Crippen LogP contribution in [0.15, 0.2) is 12.1 Å². The summed E-state index contributed by atoms with van der Waals surface area (Å²) in [6.45, 7) is 2.47. The summed E-state index contributed by atoms with van der Waals surface area (Å²) in [5.41, 5.74) is 6.21. The van der Waals surface area contributed by atoms with E-state index in [-0.39, 0.29) is 24.4 Å². The molecule has 0 heterocycles. The Kier molecular flexibility index (Phi) is 8.91. The number of hydrogen-bond acceptors (Lipinski definition) is 4. The summed E-state index contributed by atoms with van der Waals surface area (Å²) in [6.07, 6.45) is 0.746. The van der Waals surface area contributed by atoms with Gasteiger partial charge in [0.1, 0.15) is 0 Å². The van der Waals surface area contributed by atoms with Gasteiger partial charge in [-0.05, 0) is 48.1 Å². The molecule has 114 valence electrons. The second kappa shape index (κ2) is 9.25. The van der Waals surface area contributed by atoms with Crippen LogP contribution in [0.3, 0.4) is 0 Å². The number of ether oxygens (including phenoxy) is 2. The van der Waals surface area contributed by atoms with E-state index in [0.29, 0.717) is 23.6 Å². The van der Waals surface area contributed by atoms with Crippen molar-refractivity contribution in [3.05, 3.63) is 21.3 Å². The van der Waals surface area contributed by atoms with Gasteiger partial charge in [0.2, 0.25) is 0 Å². The van der Waals surface area contributed by atoms with Crippen LogP contribution in [0.25, 0.3) is 0 Å². The maximum atomic E-state index is 12.1. The number of methoxy groups -OCH3 is 2. The van der Waals surface area contributed by atoms with Gasteiger partial charge < -0.3 is 20.5 Å². The van der Waals surface area contributed by atoms with E-state index in [1.54, 1.807) is 26.4 Å². The molecule has 1 atom stereocenters. The Bertz CT molecular complexity index is 455. The molecule has 0 aromatic heterocycles. The van der Waals surface area contributed by atoms with Crippen LogP contribution in [0.2, 0.25) is 0 Å². The minimum atomic E-state index is -0.133. The van der Waals surface area contributed by atoms with Crippen molar-refractivity contribution in [2.45, 2.75) is 19.4 Å². The quantitative estimate of drug-likeness (QED) is 0.700. The monoisotopic (exact) mass is 414 g/mol. The van der Waals surface area contributed by atoms with Crippen molar-refractivity contribution in [1.82, 2.24) is 5.32 Å². The number of carbonyl (C=O) groups excluding carboxylic acids is 1. The van der Waals surface area contributed by atoms with Gasteiger partial charge in [-0.1, -0.05) is 0 Å². The summed E-state index contributed by atoms with van der Waals surface area (Å²) >= 11 is 2.10. The highest BCUT2D eigenvalue weighted by Gasteiger charge is 2.15. The molecule has 0 spiro atoms. The highest BCUT2D eigenvalue weighted by molar-refractivity contribution is 14.1. The molecule has 1 rings (SSSR count). The lowest BCUT2D eigenvalue weighted by atomic mass is 10.2. The lowest BCUT2D eigenvalue weighted by Gasteiger charge is -2.12. The molecule has 1 aromatic carbocycles. The summed E-state index contributed by atoms with van der Waals surface area (Å²) in [4.78, 5) is 12.1. The van der Waals surface area contributed by atoms with Gasteiger partial charge in [0.25, 0.3) is 5.91 Å². The zero-order valence-corrected chi connectivity index (χ0v) is 14.7. The maximum Gasteiger partial charge on any atom is 0.252 e. The summed E-state index contributed by atoms with van der Waals surface area (Å²) in [5.74, 6) is 1.02. The van der Waals surface area contributed by atoms with Crippen LogP contribution in [0, 0.1) is 3.57 Å². The molecule has 0 radical (unpaired) electrons. The third-order valence-corrected chi connectivity index (χ3v) is 3.50. The Morgan fingerprint density at radius 2 is 1.90 bits per heavy atom. The van der Waals surface area contributed by atoms with Crippen LogP contribution < -0.4 is 20.5 Å². The minimum absolute atomic E-state index is 0. The van der Waals surface area contributed by atoms with Gasteiger partial charge in [-0.3, -0.25) is 4.79 Å². The highest BCUT2D eigenvalue weighted by atomic mass is 127. The average molecular weight is 415 g/mol. The first-order chi connectivity index (χ1) is 8.99. The van der Waals surface area contributed by atoms with Crippen molar-refractivity contribution in [1.29, 1.82) is 0 Å². The molecule has 0 bridgehead atoms. The third-order valence-electron chi connectivity index (χ3n) is 2.60. The zero-order chi connectivity index (χ0) is 14.4. The zero-order valence-electron chi connectivity index (χ0n) is 11.7. The summed E-state index contributed by atoms with van der Waals surface area (Å²) in [6, 6.07) is 3.53. The number of nitrogens with two attached hydrogens (primary N) is 1. The van der Waals surface area contributed by atoms with Crippen molar-refractivity contribution in [2.75, 3.05) is 20.8 Å². The molecule has 1 aromatic rings. The molecular formula is C13H20ClIN2O3. The molecule has 0 aliphatic heterocycles. The molecule has 1 amide bonds. The van der Waals surface area contributed by atoms with Gasteiger partial charge >= 0.3 is 0 Å². The predicted octanol–water partition coefficient (Wildman–Crippen LogP) is 2.20. The van der Waals surface area contributed by atoms with E-state index >= 15 is 0 Å². The van der Waals surface area contributed by atoms with E-state index in [1.807, 2.05) is 6.92 Å². The van der Waals surface area contributed by atoms with Crippen molar-refractivity contribution in [2.24, 2.45) is 5.73 Å². The van der Waals surface area contributed by atoms with E-state index in [0.717, 1.165) is 9.99 Å². The highest BCUT2D eigenvalue weighted by Crippen LogP contribution is 2.31. The first-order valence-electron chi connectivity index (χ1n) is 5.95. The predicted molar refractivity (Wildman–Crippen MR) is 90.1 cm³/mol. The van der Waals surface area contributed by atoms with Crippen LogP contribution >= 0.6 is 35.0 Å². The van der Waals surface area contributed by atoms with Crippen LogP contribution in [-0.2, 0) is 0 Å². The third kappa shape index (κ3) is 5.34. The topological polar surface area (TPSA) is 73.6 Å². The molecule has 0 aliphatic carbocycles.